The number of benzene rings is 3. The summed E-state index contributed by atoms with van der Waals surface area (Å²) < 4.78 is 10.6. The Morgan fingerprint density at radius 3 is 2.21 bits per heavy atom. The minimum atomic E-state index is -0.397. The van der Waals surface area contributed by atoms with Gasteiger partial charge in [0.05, 0.1) is 24.5 Å². The van der Waals surface area contributed by atoms with Crippen LogP contribution in [0.5, 0.6) is 5.75 Å². The number of anilines is 1. The fraction of sp³-hybridized carbons (Fsp3) is 0.143. The highest BCUT2D eigenvalue weighted by Gasteiger charge is 2.30. The highest BCUT2D eigenvalue weighted by Crippen LogP contribution is 2.36. The van der Waals surface area contributed by atoms with Crippen molar-refractivity contribution in [3.8, 4) is 5.75 Å². The smallest absolute Gasteiger partial charge is 0.338 e. The lowest BCUT2D eigenvalue weighted by atomic mass is 10.1. The molecule has 0 saturated carbocycles. The molecule has 0 unspecified atom stereocenters. The number of rotatable bonds is 7. The van der Waals surface area contributed by atoms with E-state index in [4.69, 9.17) is 21.1 Å². The zero-order valence-corrected chi connectivity index (χ0v) is 19.7. The molecule has 0 bridgehead atoms. The highest BCUT2D eigenvalue weighted by molar-refractivity contribution is 6.30. The molecule has 0 spiro atoms. The molecular formula is C28H24ClNO4. The van der Waals surface area contributed by atoms with Crippen LogP contribution in [0.1, 0.15) is 35.3 Å². The van der Waals surface area contributed by atoms with Gasteiger partial charge in [0.2, 0.25) is 0 Å². The maximum absolute atomic E-state index is 13.5. The van der Waals surface area contributed by atoms with Crippen molar-refractivity contribution >= 4 is 40.9 Å². The van der Waals surface area contributed by atoms with Crippen molar-refractivity contribution in [3.05, 3.63) is 106 Å². The highest BCUT2D eigenvalue weighted by atomic mass is 35.5. The van der Waals surface area contributed by atoms with Crippen LogP contribution in [0.2, 0.25) is 5.02 Å². The molecule has 0 aromatic heterocycles. The molecule has 0 N–H and O–H groups in total. The Balaban J connectivity index is 1.71. The van der Waals surface area contributed by atoms with Crippen LogP contribution in [0, 0.1) is 0 Å². The van der Waals surface area contributed by atoms with Crippen molar-refractivity contribution in [3.63, 3.8) is 0 Å². The summed E-state index contributed by atoms with van der Waals surface area (Å²) in [6, 6.07) is 21.7. The van der Waals surface area contributed by atoms with Crippen molar-refractivity contribution in [1.29, 1.82) is 0 Å². The van der Waals surface area contributed by atoms with Crippen molar-refractivity contribution in [2.24, 2.45) is 0 Å². The van der Waals surface area contributed by atoms with E-state index in [1.54, 1.807) is 48.2 Å². The summed E-state index contributed by atoms with van der Waals surface area (Å²) in [4.78, 5) is 27.2. The largest absolute Gasteiger partial charge is 0.494 e. The van der Waals surface area contributed by atoms with Gasteiger partial charge in [-0.1, -0.05) is 35.9 Å². The Morgan fingerprint density at radius 2 is 1.59 bits per heavy atom. The Kier molecular flexibility index (Phi) is 7.14. The van der Waals surface area contributed by atoms with Crippen LogP contribution in [0.3, 0.4) is 0 Å². The summed E-state index contributed by atoms with van der Waals surface area (Å²) in [5.41, 5.74) is 4.08. The number of ether oxygens (including phenoxy) is 2. The minimum absolute atomic E-state index is 0.164. The fourth-order valence-corrected chi connectivity index (χ4v) is 3.80. The fourth-order valence-electron chi connectivity index (χ4n) is 3.67. The molecule has 0 aliphatic carbocycles. The van der Waals surface area contributed by atoms with Gasteiger partial charge in [-0.3, -0.25) is 9.69 Å². The van der Waals surface area contributed by atoms with Gasteiger partial charge >= 0.3 is 5.97 Å². The summed E-state index contributed by atoms with van der Waals surface area (Å²) >= 11 is 6.08. The summed E-state index contributed by atoms with van der Waals surface area (Å²) in [7, 11) is 0. The van der Waals surface area contributed by atoms with Gasteiger partial charge in [-0.2, -0.15) is 0 Å². The third-order valence-corrected chi connectivity index (χ3v) is 5.53. The van der Waals surface area contributed by atoms with Crippen molar-refractivity contribution in [2.45, 2.75) is 13.8 Å². The second-order valence-electron chi connectivity index (χ2n) is 7.55. The van der Waals surface area contributed by atoms with Crippen LogP contribution in [-0.4, -0.2) is 25.1 Å². The number of esters is 1. The zero-order chi connectivity index (χ0) is 24.1. The van der Waals surface area contributed by atoms with Gasteiger partial charge < -0.3 is 9.47 Å². The number of carbonyl (C=O) groups is 2. The number of halogens is 1. The Morgan fingerprint density at radius 1 is 0.912 bits per heavy atom. The minimum Gasteiger partial charge on any atom is -0.494 e. The van der Waals surface area contributed by atoms with Gasteiger partial charge in [-0.15, -0.1) is 0 Å². The molecule has 34 heavy (non-hydrogen) atoms. The lowest BCUT2D eigenvalue weighted by molar-refractivity contribution is -0.113. The molecule has 1 amide bonds. The van der Waals surface area contributed by atoms with Gasteiger partial charge in [-0.05, 0) is 85.7 Å². The molecule has 3 aromatic rings. The van der Waals surface area contributed by atoms with Gasteiger partial charge in [0.25, 0.3) is 5.91 Å². The summed E-state index contributed by atoms with van der Waals surface area (Å²) in [5, 5.41) is 0.615. The molecule has 1 aliphatic rings. The molecule has 0 atom stereocenters. The second kappa shape index (κ2) is 10.4. The first kappa shape index (κ1) is 23.3. The molecule has 6 heteroatoms. The predicted octanol–water partition coefficient (Wildman–Crippen LogP) is 6.39. The maximum Gasteiger partial charge on any atom is 0.338 e. The van der Waals surface area contributed by atoms with Crippen LogP contribution in [0.15, 0.2) is 84.4 Å². The first-order valence-corrected chi connectivity index (χ1v) is 11.4. The van der Waals surface area contributed by atoms with Gasteiger partial charge in [-0.25, -0.2) is 4.79 Å². The van der Waals surface area contributed by atoms with E-state index in [0.717, 1.165) is 22.6 Å². The van der Waals surface area contributed by atoms with E-state index in [-0.39, 0.29) is 5.91 Å². The van der Waals surface area contributed by atoms with Gasteiger partial charge in [0, 0.05) is 16.3 Å². The summed E-state index contributed by atoms with van der Waals surface area (Å²) in [6.45, 7) is 4.59. The average molecular weight is 474 g/mol. The molecule has 0 saturated heterocycles. The standard InChI is InChI=1S/C28H24ClNO4/c1-3-33-25-15-5-19(6-16-25)17-22-18-26(20-7-11-23(29)12-8-20)30(27(22)31)24-13-9-21(10-14-24)28(32)34-4-2/h5-18H,3-4H2,1-2H3/b22-17+. The third-order valence-electron chi connectivity index (χ3n) is 5.27. The van der Waals surface area contributed by atoms with E-state index < -0.39 is 5.97 Å². The summed E-state index contributed by atoms with van der Waals surface area (Å²) in [5.74, 6) is 0.220. The quantitative estimate of drug-likeness (QED) is 0.295. The van der Waals surface area contributed by atoms with Crippen LogP contribution in [0.25, 0.3) is 11.8 Å². The first-order valence-electron chi connectivity index (χ1n) is 11.0. The van der Waals surface area contributed by atoms with Crippen LogP contribution < -0.4 is 9.64 Å². The first-order chi connectivity index (χ1) is 16.5. The third kappa shape index (κ3) is 5.05. The lowest BCUT2D eigenvalue weighted by Gasteiger charge is -2.21. The van der Waals surface area contributed by atoms with Gasteiger partial charge in [0.1, 0.15) is 5.75 Å². The average Bonchev–Trinajstić information content (AvgIpc) is 3.17. The topological polar surface area (TPSA) is 55.8 Å². The van der Waals surface area contributed by atoms with E-state index in [1.807, 2.05) is 55.5 Å². The van der Waals surface area contributed by atoms with Crippen molar-refractivity contribution < 1.29 is 19.1 Å². The Bertz CT molecular complexity index is 1240. The van der Waals surface area contributed by atoms with Crippen molar-refractivity contribution in [2.75, 3.05) is 18.1 Å². The maximum atomic E-state index is 13.5. The van der Waals surface area contributed by atoms with Crippen molar-refractivity contribution in [1.82, 2.24) is 0 Å². The number of hydrogen-bond donors (Lipinski definition) is 0. The Hall–Kier alpha value is -3.83. The lowest BCUT2D eigenvalue weighted by Crippen LogP contribution is -2.25. The number of hydrogen-bond acceptors (Lipinski definition) is 4. The normalized spacial score (nSPS) is 14.3. The van der Waals surface area contributed by atoms with Crippen LogP contribution in [0.4, 0.5) is 5.69 Å². The number of carbonyl (C=O) groups excluding carboxylic acids is 2. The number of amides is 1. The zero-order valence-electron chi connectivity index (χ0n) is 19.0. The molecule has 3 aromatic carbocycles. The van der Waals surface area contributed by atoms with Crippen LogP contribution in [-0.2, 0) is 9.53 Å². The molecule has 5 nitrogen and oxygen atoms in total. The number of nitrogens with zero attached hydrogens (tertiary/aromatic N) is 1. The molecule has 0 radical (unpaired) electrons. The van der Waals surface area contributed by atoms with E-state index in [1.165, 1.54) is 0 Å². The van der Waals surface area contributed by atoms with E-state index >= 15 is 0 Å². The van der Waals surface area contributed by atoms with E-state index in [9.17, 15) is 9.59 Å². The second-order valence-corrected chi connectivity index (χ2v) is 7.98. The predicted molar refractivity (Wildman–Crippen MR) is 135 cm³/mol. The van der Waals surface area contributed by atoms with Gasteiger partial charge in [0.15, 0.2) is 0 Å². The Labute approximate surface area is 203 Å². The molecule has 172 valence electrons. The van der Waals surface area contributed by atoms with Crippen LogP contribution >= 0.6 is 11.6 Å². The molecule has 1 aliphatic heterocycles. The summed E-state index contributed by atoms with van der Waals surface area (Å²) in [6.07, 6.45) is 3.71. The van der Waals surface area contributed by atoms with E-state index in [0.29, 0.717) is 35.1 Å². The molecule has 1 heterocycles. The molecular weight excluding hydrogens is 450 g/mol. The monoisotopic (exact) mass is 473 g/mol. The molecule has 0 fully saturated rings. The van der Waals surface area contributed by atoms with E-state index in [2.05, 4.69) is 0 Å². The molecule has 4 rings (SSSR count). The SMILES string of the molecule is CCOC(=O)c1ccc(N2C(=O)/C(=C/c3ccc(OCC)cc3)C=C2c2ccc(Cl)cc2)cc1.